The van der Waals surface area contributed by atoms with Crippen molar-refractivity contribution in [2.24, 2.45) is 39.9 Å². The maximum absolute atomic E-state index is 14.0. The van der Waals surface area contributed by atoms with E-state index < -0.39 is 86.1 Å². The van der Waals surface area contributed by atoms with Crippen LogP contribution in [0.15, 0.2) is 12.2 Å². The van der Waals surface area contributed by atoms with E-state index in [4.69, 9.17) is 18.4 Å². The van der Waals surface area contributed by atoms with Crippen molar-refractivity contribution in [1.82, 2.24) is 4.31 Å². The molecule has 5 saturated heterocycles. The number of rotatable bonds is 2. The van der Waals surface area contributed by atoms with E-state index in [9.17, 15) is 23.1 Å². The van der Waals surface area contributed by atoms with E-state index in [2.05, 4.69) is 6.58 Å². The number of Topliss-reactive ketones (excluding diaryl/α,β-unsaturated/α-hetero) is 1. The third-order valence-electron chi connectivity index (χ3n) is 11.2. The van der Waals surface area contributed by atoms with Gasteiger partial charge in [0.2, 0.25) is 11.7 Å². The van der Waals surface area contributed by atoms with Crippen molar-refractivity contribution in [2.45, 2.75) is 90.3 Å². The van der Waals surface area contributed by atoms with E-state index in [0.29, 0.717) is 12.8 Å². The number of ether oxygens (including phenoxy) is 3. The standard InChI is InChI=1S/C26H35NO9S/c1-11(2)13-8-9-14-24-10-33-26(25(14,12(3)28)19(13)34-23(6,7)36-26)18(29)17(24)22(4,5)20-16-15(24)21(30)27(16)37(31,32)35-20/h13-20,29H,1,8-10H2,2-7H3/t13-,14-,15-,16-,17+,18-,19+,20-,24+,25+,26?/m0/s1. The van der Waals surface area contributed by atoms with E-state index in [0.717, 1.165) is 9.88 Å². The zero-order valence-electron chi connectivity index (χ0n) is 22.0. The molecular weight excluding hydrogens is 502 g/mol. The van der Waals surface area contributed by atoms with Gasteiger partial charge in [0.25, 0.3) is 0 Å². The summed E-state index contributed by atoms with van der Waals surface area (Å²) in [4.78, 5) is 27.7. The maximum atomic E-state index is 14.0. The van der Waals surface area contributed by atoms with Crippen LogP contribution >= 0.6 is 0 Å². The lowest BCUT2D eigenvalue weighted by molar-refractivity contribution is -0.539. The molecule has 0 aromatic heterocycles. The lowest BCUT2D eigenvalue weighted by Gasteiger charge is -2.81. The molecule has 204 valence electrons. The molecule has 5 aliphatic heterocycles. The van der Waals surface area contributed by atoms with Crippen molar-refractivity contribution in [1.29, 1.82) is 0 Å². The van der Waals surface area contributed by atoms with Crippen molar-refractivity contribution in [3.63, 3.8) is 0 Å². The summed E-state index contributed by atoms with van der Waals surface area (Å²) < 4.78 is 51.9. The zero-order valence-corrected chi connectivity index (χ0v) is 22.8. The molecule has 1 N–H and O–H groups in total. The molecule has 2 bridgehead atoms. The number of hydrogen-bond donors (Lipinski definition) is 1. The van der Waals surface area contributed by atoms with Gasteiger partial charge in [0.15, 0.2) is 5.79 Å². The number of nitrogens with zero attached hydrogens (tertiary/aromatic N) is 1. The minimum absolute atomic E-state index is 0.0753. The Balaban J connectivity index is 1.54. The first-order valence-corrected chi connectivity index (χ1v) is 14.5. The van der Waals surface area contributed by atoms with Crippen LogP contribution in [0.2, 0.25) is 0 Å². The molecule has 3 aliphatic carbocycles. The van der Waals surface area contributed by atoms with Gasteiger partial charge in [0, 0.05) is 22.7 Å². The monoisotopic (exact) mass is 537 g/mol. The number of aliphatic hydroxyl groups excluding tert-OH is 1. The van der Waals surface area contributed by atoms with Crippen LogP contribution in [-0.4, -0.2) is 72.1 Å². The van der Waals surface area contributed by atoms with Crippen LogP contribution in [0.3, 0.4) is 0 Å². The van der Waals surface area contributed by atoms with Gasteiger partial charge in [0.05, 0.1) is 24.7 Å². The molecule has 3 saturated carbocycles. The van der Waals surface area contributed by atoms with Crippen molar-refractivity contribution in [3.05, 3.63) is 12.2 Å². The van der Waals surface area contributed by atoms with Crippen LogP contribution in [0.5, 0.6) is 0 Å². The first-order valence-electron chi connectivity index (χ1n) is 13.2. The van der Waals surface area contributed by atoms with Crippen molar-refractivity contribution in [3.8, 4) is 0 Å². The van der Waals surface area contributed by atoms with Gasteiger partial charge in [-0.05, 0) is 46.5 Å². The average Bonchev–Trinajstić information content (AvgIpc) is 3.01. The fourth-order valence-corrected chi connectivity index (χ4v) is 12.0. The third kappa shape index (κ3) is 2.26. The molecule has 11 atom stereocenters. The lowest BCUT2D eigenvalue weighted by atomic mass is 9.30. The normalized spacial score (nSPS) is 55.0. The highest BCUT2D eigenvalue weighted by molar-refractivity contribution is 7.85. The number of ketones is 1. The molecule has 0 aromatic rings. The summed E-state index contributed by atoms with van der Waals surface area (Å²) in [5.41, 5.74) is -2.41. The molecule has 0 aromatic carbocycles. The summed E-state index contributed by atoms with van der Waals surface area (Å²) in [6.45, 7) is 15.0. The molecule has 2 spiro atoms. The topological polar surface area (TPSA) is 129 Å². The van der Waals surface area contributed by atoms with Crippen LogP contribution in [0.1, 0.15) is 54.4 Å². The fraction of sp³-hybridized carbons (Fsp3) is 0.846. The van der Waals surface area contributed by atoms with Crippen molar-refractivity contribution < 1.29 is 41.5 Å². The molecule has 5 heterocycles. The number of carbonyl (C=O) groups is 2. The van der Waals surface area contributed by atoms with Gasteiger partial charge >= 0.3 is 10.3 Å². The second-order valence-corrected chi connectivity index (χ2v) is 14.9. The average molecular weight is 538 g/mol. The first-order chi connectivity index (χ1) is 17.0. The van der Waals surface area contributed by atoms with Gasteiger partial charge in [-0.25, -0.2) is 8.49 Å². The smallest absolute Gasteiger partial charge is 0.365 e. The van der Waals surface area contributed by atoms with E-state index in [1.165, 1.54) is 6.92 Å². The Morgan fingerprint density at radius 1 is 1.14 bits per heavy atom. The molecule has 8 aliphatic rings. The SMILES string of the molecule is C=C(C)[C@@H]1CC[C@H]2[C@@]34COC5(OC(C)(C)O[C@H]1[C@@]25C(C)=O)[C@@H](O)[C@@H]3C(C)(C)[C@H]1OS(=O)(=O)N2C(=O)[C@@H]4[C@@H]12. The number of hydrogen-bond acceptors (Lipinski definition) is 9. The number of amides is 1. The van der Waals surface area contributed by atoms with Gasteiger partial charge in [0.1, 0.15) is 23.4 Å². The highest BCUT2D eigenvalue weighted by Crippen LogP contribution is 2.80. The predicted octanol–water partition coefficient (Wildman–Crippen LogP) is 1.53. The van der Waals surface area contributed by atoms with Gasteiger partial charge in [-0.3, -0.25) is 9.59 Å². The first kappa shape index (κ1) is 24.7. The number of β-lactam (4-membered cyclic amide) rings is 1. The van der Waals surface area contributed by atoms with Crippen LogP contribution in [0.4, 0.5) is 0 Å². The maximum Gasteiger partial charge on any atom is 0.365 e. The molecule has 1 amide bonds. The molecule has 11 heteroatoms. The summed E-state index contributed by atoms with van der Waals surface area (Å²) in [6, 6.07) is -0.701. The highest BCUT2D eigenvalue weighted by atomic mass is 32.2. The number of fused-ring (bicyclic) bond motifs is 1. The predicted molar refractivity (Wildman–Crippen MR) is 126 cm³/mol. The number of aliphatic hydroxyl groups is 1. The minimum atomic E-state index is -4.24. The molecule has 1 unspecified atom stereocenters. The Morgan fingerprint density at radius 2 is 1.81 bits per heavy atom. The summed E-state index contributed by atoms with van der Waals surface area (Å²) in [6.07, 6.45) is -1.58. The molecular formula is C26H35NO9S. The zero-order chi connectivity index (χ0) is 26.9. The van der Waals surface area contributed by atoms with E-state index in [-0.39, 0.29) is 18.3 Å². The van der Waals surface area contributed by atoms with E-state index in [1.807, 2.05) is 20.8 Å². The minimum Gasteiger partial charge on any atom is -0.387 e. The van der Waals surface area contributed by atoms with Gasteiger partial charge < -0.3 is 19.3 Å². The van der Waals surface area contributed by atoms with Gasteiger partial charge in [-0.2, -0.15) is 8.42 Å². The molecule has 10 nitrogen and oxygen atoms in total. The van der Waals surface area contributed by atoms with Crippen molar-refractivity contribution >= 4 is 22.0 Å². The van der Waals surface area contributed by atoms with E-state index >= 15 is 0 Å². The molecule has 8 rings (SSSR count). The fourth-order valence-electron chi connectivity index (χ4n) is 10.4. The summed E-state index contributed by atoms with van der Waals surface area (Å²) >= 11 is 0. The van der Waals surface area contributed by atoms with E-state index in [1.54, 1.807) is 13.8 Å². The van der Waals surface area contributed by atoms with Gasteiger partial charge in [-0.1, -0.05) is 26.0 Å². The molecule has 8 fully saturated rings. The summed E-state index contributed by atoms with van der Waals surface area (Å²) in [5, 5.41) is 12.4. The Kier molecular flexibility index (Phi) is 4.33. The molecule has 37 heavy (non-hydrogen) atoms. The van der Waals surface area contributed by atoms with Crippen LogP contribution in [-0.2, 0) is 38.3 Å². The molecule has 0 radical (unpaired) electrons. The van der Waals surface area contributed by atoms with Crippen LogP contribution in [0, 0.1) is 39.9 Å². The summed E-state index contributed by atoms with van der Waals surface area (Å²) in [5.74, 6) is -5.69. The van der Waals surface area contributed by atoms with Crippen LogP contribution in [0.25, 0.3) is 0 Å². The number of carbonyl (C=O) groups excluding carboxylic acids is 2. The largest absolute Gasteiger partial charge is 0.387 e. The Morgan fingerprint density at radius 3 is 2.43 bits per heavy atom. The van der Waals surface area contributed by atoms with Crippen LogP contribution < -0.4 is 0 Å². The second kappa shape index (κ2) is 6.50. The Hall–Kier alpha value is -1.37. The third-order valence-corrected chi connectivity index (χ3v) is 12.5. The van der Waals surface area contributed by atoms with Gasteiger partial charge in [-0.15, -0.1) is 0 Å². The Bertz CT molecular complexity index is 1280. The quantitative estimate of drug-likeness (QED) is 0.412. The lowest BCUT2D eigenvalue weighted by Crippen LogP contribution is -2.92. The Labute approximate surface area is 216 Å². The summed E-state index contributed by atoms with van der Waals surface area (Å²) in [7, 11) is -4.24. The van der Waals surface area contributed by atoms with Crippen molar-refractivity contribution in [2.75, 3.05) is 6.61 Å². The highest BCUT2D eigenvalue weighted by Gasteiger charge is 2.92. The second-order valence-electron chi connectivity index (χ2n) is 13.4.